The van der Waals surface area contributed by atoms with Gasteiger partial charge in [-0.2, -0.15) is 0 Å². The van der Waals surface area contributed by atoms with Gasteiger partial charge in [-0.25, -0.2) is 0 Å². The summed E-state index contributed by atoms with van der Waals surface area (Å²) >= 11 is 0. The predicted octanol–water partition coefficient (Wildman–Crippen LogP) is 2.78. The average Bonchev–Trinajstić information content (AvgIpc) is 2.00. The third-order valence-corrected chi connectivity index (χ3v) is 1.83. The van der Waals surface area contributed by atoms with Crippen LogP contribution < -0.4 is 0 Å². The molecule has 0 aliphatic rings. The summed E-state index contributed by atoms with van der Waals surface area (Å²) in [6.07, 6.45) is 7.08. The van der Waals surface area contributed by atoms with Crippen LogP contribution in [-0.2, 0) is 0 Å². The first-order chi connectivity index (χ1) is 4.63. The van der Waals surface area contributed by atoms with Crippen molar-refractivity contribution in [2.45, 2.75) is 20.8 Å². The highest BCUT2D eigenvalue weighted by Gasteiger charge is 2.00. The van der Waals surface area contributed by atoms with E-state index in [-0.39, 0.29) is 5.92 Å². The summed E-state index contributed by atoms with van der Waals surface area (Å²) in [7, 11) is 0. The maximum Gasteiger partial charge on any atom is 0.0383 e. The van der Waals surface area contributed by atoms with Gasteiger partial charge in [0, 0.05) is 5.92 Å². The van der Waals surface area contributed by atoms with Crippen molar-refractivity contribution in [1.82, 2.24) is 0 Å². The second kappa shape index (κ2) is 3.95. The van der Waals surface area contributed by atoms with Crippen LogP contribution in [-0.4, -0.2) is 0 Å². The van der Waals surface area contributed by atoms with Crippen LogP contribution in [0.2, 0.25) is 0 Å². The fourth-order valence-electron chi connectivity index (χ4n) is 0.627. The molecule has 0 saturated heterocycles. The molecule has 54 valence electrons. The molecule has 0 saturated carbocycles. The third-order valence-electron chi connectivity index (χ3n) is 1.83. The lowest BCUT2D eigenvalue weighted by molar-refractivity contribution is 0.884. The Morgan fingerprint density at radius 1 is 1.60 bits per heavy atom. The van der Waals surface area contributed by atoms with E-state index in [0.29, 0.717) is 0 Å². The maximum atomic E-state index is 5.25. The van der Waals surface area contributed by atoms with E-state index in [2.05, 4.69) is 12.5 Å². The summed E-state index contributed by atoms with van der Waals surface area (Å²) in [6, 6.07) is 0. The lowest BCUT2D eigenvalue weighted by Crippen LogP contribution is -1.93. The molecule has 0 heterocycles. The molecule has 0 N–H and O–H groups in total. The summed E-state index contributed by atoms with van der Waals surface area (Å²) in [6.45, 7) is 9.76. The molecular formula is C10H14. The highest BCUT2D eigenvalue weighted by Crippen LogP contribution is 2.13. The Morgan fingerprint density at radius 2 is 2.10 bits per heavy atom. The van der Waals surface area contributed by atoms with Crippen molar-refractivity contribution in [3.05, 3.63) is 23.8 Å². The smallest absolute Gasteiger partial charge is 0.0383 e. The van der Waals surface area contributed by atoms with Gasteiger partial charge in [0.05, 0.1) is 0 Å². The van der Waals surface area contributed by atoms with Gasteiger partial charge in [-0.1, -0.05) is 29.7 Å². The van der Waals surface area contributed by atoms with Crippen molar-refractivity contribution < 1.29 is 0 Å². The van der Waals surface area contributed by atoms with Crippen LogP contribution in [0.4, 0.5) is 0 Å². The third kappa shape index (κ3) is 2.11. The molecule has 0 aliphatic carbocycles. The van der Waals surface area contributed by atoms with Crippen LogP contribution in [0, 0.1) is 18.3 Å². The number of terminal acetylenes is 1. The number of hydrogen-bond acceptors (Lipinski definition) is 0. The molecule has 0 nitrogen and oxygen atoms in total. The molecule has 0 amide bonds. The predicted molar refractivity (Wildman–Crippen MR) is 46.6 cm³/mol. The van der Waals surface area contributed by atoms with Gasteiger partial charge < -0.3 is 0 Å². The minimum atomic E-state index is 0.234. The first-order valence-electron chi connectivity index (χ1n) is 3.39. The molecular weight excluding hydrogens is 120 g/mol. The van der Waals surface area contributed by atoms with Gasteiger partial charge in [0.15, 0.2) is 0 Å². The van der Waals surface area contributed by atoms with Gasteiger partial charge >= 0.3 is 0 Å². The summed E-state index contributed by atoms with van der Waals surface area (Å²) in [5, 5.41) is 0. The molecule has 0 radical (unpaired) electrons. The number of hydrogen-bond donors (Lipinski definition) is 0. The van der Waals surface area contributed by atoms with E-state index in [0.717, 1.165) is 0 Å². The van der Waals surface area contributed by atoms with Gasteiger partial charge in [-0.15, -0.1) is 6.42 Å². The molecule has 0 aromatic heterocycles. The van der Waals surface area contributed by atoms with Crippen molar-refractivity contribution in [3.63, 3.8) is 0 Å². The first-order valence-corrected chi connectivity index (χ1v) is 3.39. The van der Waals surface area contributed by atoms with E-state index in [1.54, 1.807) is 0 Å². The molecule has 10 heavy (non-hydrogen) atoms. The molecule has 0 aromatic rings. The Hall–Kier alpha value is -0.960. The van der Waals surface area contributed by atoms with Crippen molar-refractivity contribution in [1.29, 1.82) is 0 Å². The van der Waals surface area contributed by atoms with Crippen LogP contribution in [0.25, 0.3) is 0 Å². The standard InChI is InChI=1S/C10H14/c1-6-8(3)10(5)9(4)7-2/h1,7-8H,2H2,3-5H3. The zero-order valence-electron chi connectivity index (χ0n) is 6.94. The lowest BCUT2D eigenvalue weighted by atomic mass is 9.99. The van der Waals surface area contributed by atoms with Gasteiger partial charge in [0.1, 0.15) is 0 Å². The quantitative estimate of drug-likeness (QED) is 0.402. The fourth-order valence-corrected chi connectivity index (χ4v) is 0.627. The van der Waals surface area contributed by atoms with Crippen LogP contribution in [0.15, 0.2) is 23.8 Å². The van der Waals surface area contributed by atoms with Crippen molar-refractivity contribution in [2.24, 2.45) is 5.92 Å². The highest BCUT2D eigenvalue weighted by atomic mass is 14.0. The zero-order valence-corrected chi connectivity index (χ0v) is 6.94. The zero-order chi connectivity index (χ0) is 8.15. The maximum absolute atomic E-state index is 5.25. The van der Waals surface area contributed by atoms with Crippen molar-refractivity contribution in [2.75, 3.05) is 0 Å². The molecule has 0 spiro atoms. The molecule has 0 heteroatoms. The van der Waals surface area contributed by atoms with E-state index in [1.165, 1.54) is 11.1 Å². The van der Waals surface area contributed by atoms with Crippen LogP contribution in [0.3, 0.4) is 0 Å². The van der Waals surface area contributed by atoms with Gasteiger partial charge in [0.2, 0.25) is 0 Å². The summed E-state index contributed by atoms with van der Waals surface area (Å²) in [5.74, 6) is 2.91. The average molecular weight is 134 g/mol. The largest absolute Gasteiger partial charge is 0.119 e. The van der Waals surface area contributed by atoms with Crippen LogP contribution >= 0.6 is 0 Å². The van der Waals surface area contributed by atoms with Crippen LogP contribution in [0.1, 0.15) is 20.8 Å². The molecule has 0 aromatic carbocycles. The minimum absolute atomic E-state index is 0.234. The summed E-state index contributed by atoms with van der Waals surface area (Å²) < 4.78 is 0. The fraction of sp³-hybridized carbons (Fsp3) is 0.400. The Kier molecular flexibility index (Phi) is 3.57. The van der Waals surface area contributed by atoms with E-state index in [9.17, 15) is 0 Å². The van der Waals surface area contributed by atoms with E-state index in [1.807, 2.05) is 26.8 Å². The topological polar surface area (TPSA) is 0 Å². The molecule has 0 rings (SSSR count). The lowest BCUT2D eigenvalue weighted by Gasteiger charge is -2.05. The van der Waals surface area contributed by atoms with E-state index >= 15 is 0 Å². The first kappa shape index (κ1) is 9.04. The molecule has 1 atom stereocenters. The SMILES string of the molecule is C#CC(C)C(C)=C(C)C=C. The van der Waals surface area contributed by atoms with E-state index < -0.39 is 0 Å². The number of rotatable bonds is 2. The second-order valence-corrected chi connectivity index (χ2v) is 2.46. The Balaban J connectivity index is 4.49. The summed E-state index contributed by atoms with van der Waals surface area (Å²) in [5.41, 5.74) is 2.42. The van der Waals surface area contributed by atoms with Gasteiger partial charge in [-0.3, -0.25) is 0 Å². The minimum Gasteiger partial charge on any atom is -0.119 e. The van der Waals surface area contributed by atoms with Crippen molar-refractivity contribution in [3.8, 4) is 12.3 Å². The normalized spacial score (nSPS) is 15.0. The monoisotopic (exact) mass is 134 g/mol. The van der Waals surface area contributed by atoms with E-state index in [4.69, 9.17) is 6.42 Å². The Morgan fingerprint density at radius 3 is 2.40 bits per heavy atom. The van der Waals surface area contributed by atoms with Gasteiger partial charge in [0.25, 0.3) is 0 Å². The number of allylic oxidation sites excluding steroid dienone is 3. The molecule has 0 bridgehead atoms. The molecule has 0 fully saturated rings. The van der Waals surface area contributed by atoms with Crippen LogP contribution in [0.5, 0.6) is 0 Å². The molecule has 0 aliphatic heterocycles. The second-order valence-electron chi connectivity index (χ2n) is 2.46. The Bertz CT molecular complexity index is 189. The summed E-state index contributed by atoms with van der Waals surface area (Å²) in [4.78, 5) is 0. The van der Waals surface area contributed by atoms with Gasteiger partial charge in [-0.05, 0) is 20.8 Å². The Labute approximate surface area is 63.6 Å². The van der Waals surface area contributed by atoms with Crippen molar-refractivity contribution >= 4 is 0 Å². The highest BCUT2D eigenvalue weighted by molar-refractivity contribution is 5.26. The molecule has 1 unspecified atom stereocenters.